The molecule has 0 bridgehead atoms. The van der Waals surface area contributed by atoms with E-state index in [-0.39, 0.29) is 24.4 Å². The zero-order chi connectivity index (χ0) is 21.1. The first-order chi connectivity index (χ1) is 14.5. The summed E-state index contributed by atoms with van der Waals surface area (Å²) in [7, 11) is 0. The number of nitrogens with zero attached hydrogens (tertiary/aromatic N) is 2. The number of aryl methyl sites for hydroxylation is 1. The second-order valence-electron chi connectivity index (χ2n) is 7.01. The quantitative estimate of drug-likeness (QED) is 0.514. The summed E-state index contributed by atoms with van der Waals surface area (Å²) in [5, 5.41) is 7.49. The number of nitrogens with one attached hydrogen (secondary N) is 2. The third-order valence-electron chi connectivity index (χ3n) is 4.92. The smallest absolute Gasteiger partial charge is 0.273 e. The van der Waals surface area contributed by atoms with Crippen molar-refractivity contribution in [2.75, 3.05) is 0 Å². The lowest BCUT2D eigenvalue weighted by molar-refractivity contribution is -0.129. The molecule has 0 atom stereocenters. The fraction of sp³-hybridized carbons (Fsp3) is 0.130. The van der Waals surface area contributed by atoms with Crippen LogP contribution in [-0.4, -0.2) is 21.6 Å². The van der Waals surface area contributed by atoms with Crippen LogP contribution < -0.4 is 16.4 Å². The summed E-state index contributed by atoms with van der Waals surface area (Å²) in [6.45, 7) is 1.49. The van der Waals surface area contributed by atoms with Crippen LogP contribution in [0.5, 0.6) is 0 Å². The van der Waals surface area contributed by atoms with Crippen LogP contribution in [0.4, 0.5) is 0 Å². The lowest BCUT2D eigenvalue weighted by Crippen LogP contribution is -2.45. The van der Waals surface area contributed by atoms with Crippen LogP contribution in [0.15, 0.2) is 71.5 Å². The summed E-state index contributed by atoms with van der Waals surface area (Å²) in [5.41, 5.74) is 5.92. The van der Waals surface area contributed by atoms with Crippen molar-refractivity contribution in [2.24, 2.45) is 0 Å². The van der Waals surface area contributed by atoms with Crippen molar-refractivity contribution >= 4 is 33.4 Å². The Morgan fingerprint density at radius 1 is 0.833 bits per heavy atom. The van der Waals surface area contributed by atoms with Crippen LogP contribution in [0.3, 0.4) is 0 Å². The monoisotopic (exact) mass is 400 g/mol. The normalized spacial score (nSPS) is 10.8. The zero-order valence-electron chi connectivity index (χ0n) is 16.4. The van der Waals surface area contributed by atoms with Crippen molar-refractivity contribution in [1.82, 2.24) is 20.6 Å². The van der Waals surface area contributed by atoms with Gasteiger partial charge in [0.25, 0.3) is 11.5 Å². The Labute approximate surface area is 172 Å². The van der Waals surface area contributed by atoms with Crippen molar-refractivity contribution in [3.05, 3.63) is 88.3 Å². The van der Waals surface area contributed by atoms with Crippen molar-refractivity contribution < 1.29 is 9.59 Å². The zero-order valence-corrected chi connectivity index (χ0v) is 16.4. The number of hydrogen-bond donors (Lipinski definition) is 2. The number of benzene rings is 3. The van der Waals surface area contributed by atoms with E-state index in [1.807, 2.05) is 54.6 Å². The van der Waals surface area contributed by atoms with Crippen LogP contribution >= 0.6 is 0 Å². The van der Waals surface area contributed by atoms with Crippen LogP contribution in [-0.2, 0) is 22.6 Å². The van der Waals surface area contributed by atoms with Crippen molar-refractivity contribution in [1.29, 1.82) is 0 Å². The van der Waals surface area contributed by atoms with Gasteiger partial charge in [-0.15, -0.1) is 0 Å². The molecule has 0 saturated heterocycles. The van der Waals surface area contributed by atoms with Crippen LogP contribution in [0, 0.1) is 6.92 Å². The number of hydrazine groups is 1. The van der Waals surface area contributed by atoms with E-state index in [1.165, 1.54) is 0 Å². The summed E-state index contributed by atoms with van der Waals surface area (Å²) in [4.78, 5) is 37.1. The lowest BCUT2D eigenvalue weighted by Gasteiger charge is -2.11. The summed E-state index contributed by atoms with van der Waals surface area (Å²) >= 11 is 0. The molecule has 2 amide bonds. The molecule has 2 N–H and O–H groups in total. The van der Waals surface area contributed by atoms with Crippen molar-refractivity contribution in [2.45, 2.75) is 19.9 Å². The molecule has 7 heteroatoms. The molecular weight excluding hydrogens is 380 g/mol. The number of amides is 2. The molecule has 1 aromatic heterocycles. The third-order valence-corrected chi connectivity index (χ3v) is 4.92. The van der Waals surface area contributed by atoms with Gasteiger partial charge in [-0.3, -0.25) is 25.2 Å². The molecule has 4 rings (SSSR count). The van der Waals surface area contributed by atoms with E-state index in [2.05, 4.69) is 16.0 Å². The van der Waals surface area contributed by atoms with Gasteiger partial charge >= 0.3 is 0 Å². The van der Waals surface area contributed by atoms with Crippen LogP contribution in [0.1, 0.15) is 11.3 Å². The molecule has 7 nitrogen and oxygen atoms in total. The summed E-state index contributed by atoms with van der Waals surface area (Å²) in [5.74, 6) is -0.889. The Hall–Kier alpha value is -4.00. The van der Waals surface area contributed by atoms with E-state index < -0.39 is 5.91 Å². The summed E-state index contributed by atoms with van der Waals surface area (Å²) in [6.07, 6.45) is 0.120. The minimum absolute atomic E-state index is 0.120. The number of rotatable bonds is 4. The molecule has 0 aliphatic heterocycles. The topological polar surface area (TPSA) is 93.1 Å². The van der Waals surface area contributed by atoms with Gasteiger partial charge in [0.15, 0.2) is 0 Å². The van der Waals surface area contributed by atoms with Gasteiger partial charge in [-0.25, -0.2) is 4.68 Å². The molecule has 4 aromatic rings. The summed E-state index contributed by atoms with van der Waals surface area (Å²) in [6, 6.07) is 20.7. The first-order valence-corrected chi connectivity index (χ1v) is 9.54. The molecule has 0 fully saturated rings. The van der Waals surface area contributed by atoms with E-state index >= 15 is 0 Å². The molecule has 0 aliphatic carbocycles. The minimum atomic E-state index is -0.537. The van der Waals surface area contributed by atoms with E-state index in [0.717, 1.165) is 26.4 Å². The van der Waals surface area contributed by atoms with Gasteiger partial charge in [0.05, 0.1) is 17.5 Å². The first kappa shape index (κ1) is 19.3. The number of carbonyl (C=O) groups is 2. The molecule has 1 heterocycles. The molecule has 30 heavy (non-hydrogen) atoms. The molecular formula is C23H20N4O3. The Kier molecular flexibility index (Phi) is 5.26. The van der Waals surface area contributed by atoms with E-state index in [1.54, 1.807) is 19.1 Å². The van der Waals surface area contributed by atoms with Gasteiger partial charge in [0.2, 0.25) is 5.91 Å². The Balaban J connectivity index is 1.41. The maximum Gasteiger partial charge on any atom is 0.275 e. The van der Waals surface area contributed by atoms with E-state index in [4.69, 9.17) is 0 Å². The molecule has 0 spiro atoms. The predicted octanol–water partition coefficient (Wildman–Crippen LogP) is 2.25. The van der Waals surface area contributed by atoms with Gasteiger partial charge in [0.1, 0.15) is 6.54 Å². The standard InChI is InChI=1S/C23H20N4O3/c1-15-18-10-4-5-12-20(18)23(30)27(26-15)14-22(29)25-24-21(28)13-17-9-6-8-16-7-2-3-11-19(16)17/h2-12H,13-14H2,1H3,(H,24,28)(H,25,29). The number of aromatic nitrogens is 2. The van der Waals surface area contributed by atoms with Gasteiger partial charge < -0.3 is 0 Å². The fourth-order valence-corrected chi connectivity index (χ4v) is 3.49. The Morgan fingerprint density at radius 2 is 1.47 bits per heavy atom. The van der Waals surface area contributed by atoms with E-state index in [9.17, 15) is 14.4 Å². The molecule has 3 aromatic carbocycles. The number of fused-ring (bicyclic) bond motifs is 2. The molecule has 0 radical (unpaired) electrons. The highest BCUT2D eigenvalue weighted by molar-refractivity contribution is 5.91. The van der Waals surface area contributed by atoms with Crippen molar-refractivity contribution in [3.8, 4) is 0 Å². The van der Waals surface area contributed by atoms with Gasteiger partial charge in [0, 0.05) is 5.39 Å². The highest BCUT2D eigenvalue weighted by atomic mass is 16.2. The fourth-order valence-electron chi connectivity index (χ4n) is 3.49. The lowest BCUT2D eigenvalue weighted by atomic mass is 10.0. The highest BCUT2D eigenvalue weighted by Gasteiger charge is 2.12. The Bertz CT molecular complexity index is 1320. The Morgan fingerprint density at radius 3 is 2.27 bits per heavy atom. The van der Waals surface area contributed by atoms with E-state index in [0.29, 0.717) is 11.1 Å². The maximum absolute atomic E-state index is 12.6. The van der Waals surface area contributed by atoms with Gasteiger partial charge in [-0.05, 0) is 29.3 Å². The maximum atomic E-state index is 12.6. The average molecular weight is 400 g/mol. The first-order valence-electron chi connectivity index (χ1n) is 9.54. The predicted molar refractivity (Wildman–Crippen MR) is 115 cm³/mol. The largest absolute Gasteiger partial charge is 0.275 e. The highest BCUT2D eigenvalue weighted by Crippen LogP contribution is 2.18. The molecule has 150 valence electrons. The molecule has 0 aliphatic rings. The average Bonchev–Trinajstić information content (AvgIpc) is 2.76. The minimum Gasteiger partial charge on any atom is -0.273 e. The SMILES string of the molecule is Cc1nn(CC(=O)NNC(=O)Cc2cccc3ccccc23)c(=O)c2ccccc12. The number of carbonyl (C=O) groups excluding carboxylic acids is 2. The van der Waals surface area contributed by atoms with Crippen molar-refractivity contribution in [3.63, 3.8) is 0 Å². The second-order valence-corrected chi connectivity index (χ2v) is 7.01. The summed E-state index contributed by atoms with van der Waals surface area (Å²) < 4.78 is 1.10. The third kappa shape index (κ3) is 3.91. The van der Waals surface area contributed by atoms with Gasteiger partial charge in [-0.2, -0.15) is 5.10 Å². The molecule has 0 saturated carbocycles. The van der Waals surface area contributed by atoms with Gasteiger partial charge in [-0.1, -0.05) is 60.7 Å². The van der Waals surface area contributed by atoms with Crippen LogP contribution in [0.2, 0.25) is 0 Å². The van der Waals surface area contributed by atoms with Crippen LogP contribution in [0.25, 0.3) is 21.5 Å². The number of hydrogen-bond acceptors (Lipinski definition) is 4. The second kappa shape index (κ2) is 8.16. The molecule has 0 unspecified atom stereocenters.